The Morgan fingerprint density at radius 1 is 1.06 bits per heavy atom. The lowest BCUT2D eigenvalue weighted by Crippen LogP contribution is -2.48. The smallest absolute Gasteiger partial charge is 0.374 e. The summed E-state index contributed by atoms with van der Waals surface area (Å²) in [7, 11) is -3.79. The van der Waals surface area contributed by atoms with Gasteiger partial charge in [-0.25, -0.2) is 13.2 Å². The van der Waals surface area contributed by atoms with E-state index in [4.69, 9.17) is 23.4 Å². The zero-order chi connectivity index (χ0) is 22.6. The fourth-order valence-corrected chi connectivity index (χ4v) is 4.87. The van der Waals surface area contributed by atoms with E-state index in [1.807, 2.05) is 18.2 Å². The number of carbonyl (C=O) groups is 1. The van der Waals surface area contributed by atoms with Crippen molar-refractivity contribution in [2.24, 2.45) is 0 Å². The van der Waals surface area contributed by atoms with Crippen LogP contribution in [0.4, 0.5) is 0 Å². The van der Waals surface area contributed by atoms with Gasteiger partial charge in [-0.2, -0.15) is 4.31 Å². The van der Waals surface area contributed by atoms with Crippen LogP contribution in [0, 0.1) is 0 Å². The second kappa shape index (κ2) is 9.80. The van der Waals surface area contributed by atoms with Crippen LogP contribution in [0.3, 0.4) is 0 Å². The minimum Gasteiger partial charge on any atom is -0.493 e. The van der Waals surface area contributed by atoms with Gasteiger partial charge in [0.05, 0.1) is 13.2 Å². The van der Waals surface area contributed by atoms with E-state index < -0.39 is 16.0 Å². The molecular weight excluding hydrogens is 440 g/mol. The Kier molecular flexibility index (Phi) is 6.87. The number of fused-ring (bicyclic) bond motifs is 1. The van der Waals surface area contributed by atoms with Gasteiger partial charge in [0, 0.05) is 38.8 Å². The van der Waals surface area contributed by atoms with Gasteiger partial charge >= 0.3 is 5.97 Å². The van der Waals surface area contributed by atoms with Crippen LogP contribution in [0.5, 0.6) is 17.2 Å². The van der Waals surface area contributed by atoms with Gasteiger partial charge in [-0.05, 0) is 37.6 Å². The molecule has 174 valence electrons. The highest BCUT2D eigenvalue weighted by Crippen LogP contribution is 2.35. The molecule has 0 bridgehead atoms. The van der Waals surface area contributed by atoms with Crippen LogP contribution in [0.2, 0.25) is 0 Å². The van der Waals surface area contributed by atoms with E-state index in [9.17, 15) is 13.2 Å². The van der Waals surface area contributed by atoms with E-state index in [0.29, 0.717) is 38.5 Å². The summed E-state index contributed by atoms with van der Waals surface area (Å²) < 4.78 is 53.5. The largest absolute Gasteiger partial charge is 0.493 e. The van der Waals surface area contributed by atoms with Crippen molar-refractivity contribution in [3.8, 4) is 17.2 Å². The SMILES string of the molecule is CCOC(=O)c1ccc(S(=O)(=O)N2CCN(CCCOc3ccc4c(c3)OCO4)CC2)o1. The van der Waals surface area contributed by atoms with Crippen molar-refractivity contribution in [1.29, 1.82) is 0 Å². The number of furan rings is 1. The minimum absolute atomic E-state index is 0.119. The Balaban J connectivity index is 1.21. The number of piperazine rings is 1. The predicted molar refractivity (Wildman–Crippen MR) is 113 cm³/mol. The highest BCUT2D eigenvalue weighted by Gasteiger charge is 2.31. The topological polar surface area (TPSA) is 108 Å². The maximum absolute atomic E-state index is 12.8. The Morgan fingerprint density at radius 2 is 1.84 bits per heavy atom. The van der Waals surface area contributed by atoms with E-state index in [0.717, 1.165) is 24.5 Å². The van der Waals surface area contributed by atoms with Gasteiger partial charge in [0.25, 0.3) is 10.0 Å². The van der Waals surface area contributed by atoms with Gasteiger partial charge in [-0.3, -0.25) is 0 Å². The molecular formula is C21H26N2O8S. The fourth-order valence-electron chi connectivity index (χ4n) is 3.54. The number of nitrogens with zero attached hydrogens (tertiary/aromatic N) is 2. The molecule has 1 saturated heterocycles. The molecule has 1 fully saturated rings. The van der Waals surface area contributed by atoms with Gasteiger partial charge < -0.3 is 28.3 Å². The highest BCUT2D eigenvalue weighted by molar-refractivity contribution is 7.89. The van der Waals surface area contributed by atoms with Crippen molar-refractivity contribution in [2.45, 2.75) is 18.4 Å². The van der Waals surface area contributed by atoms with E-state index in [1.165, 1.54) is 16.4 Å². The molecule has 2 aliphatic heterocycles. The van der Waals surface area contributed by atoms with Gasteiger partial charge in [-0.15, -0.1) is 0 Å². The molecule has 10 nitrogen and oxygen atoms in total. The van der Waals surface area contributed by atoms with Crippen molar-refractivity contribution >= 4 is 16.0 Å². The highest BCUT2D eigenvalue weighted by atomic mass is 32.2. The van der Waals surface area contributed by atoms with Crippen LogP contribution >= 0.6 is 0 Å². The molecule has 2 aliphatic rings. The number of hydrogen-bond acceptors (Lipinski definition) is 9. The molecule has 11 heteroatoms. The summed E-state index contributed by atoms with van der Waals surface area (Å²) >= 11 is 0. The normalized spacial score (nSPS) is 16.8. The number of esters is 1. The van der Waals surface area contributed by atoms with Gasteiger partial charge in [0.1, 0.15) is 5.75 Å². The lowest BCUT2D eigenvalue weighted by atomic mass is 10.3. The zero-order valence-electron chi connectivity index (χ0n) is 17.8. The summed E-state index contributed by atoms with van der Waals surface area (Å²) in [6, 6.07) is 8.10. The summed E-state index contributed by atoms with van der Waals surface area (Å²) in [6.45, 7) is 5.33. The van der Waals surface area contributed by atoms with E-state index in [1.54, 1.807) is 6.92 Å². The summed E-state index contributed by atoms with van der Waals surface area (Å²) in [4.78, 5) is 13.9. The molecule has 0 saturated carbocycles. The lowest BCUT2D eigenvalue weighted by Gasteiger charge is -2.33. The first-order chi connectivity index (χ1) is 15.5. The summed E-state index contributed by atoms with van der Waals surface area (Å²) in [5.41, 5.74) is 0. The average Bonchev–Trinajstić information content (AvgIpc) is 3.47. The van der Waals surface area contributed by atoms with Crippen LogP contribution in [0.25, 0.3) is 0 Å². The summed E-state index contributed by atoms with van der Waals surface area (Å²) in [5.74, 6) is 1.33. The molecule has 1 aromatic carbocycles. The standard InChI is InChI=1S/C21H26N2O8S/c1-2-27-21(24)18-6-7-20(31-18)32(25,26)23-11-9-22(10-12-23)8-3-13-28-16-4-5-17-19(14-16)30-15-29-17/h4-7,14H,2-3,8-13,15H2,1H3. The third-order valence-electron chi connectivity index (χ3n) is 5.21. The number of sulfonamides is 1. The molecule has 0 unspecified atom stereocenters. The first kappa shape index (κ1) is 22.4. The summed E-state index contributed by atoms with van der Waals surface area (Å²) in [5, 5.41) is -0.244. The molecule has 4 rings (SSSR count). The molecule has 0 radical (unpaired) electrons. The number of rotatable bonds is 9. The van der Waals surface area contributed by atoms with Crippen molar-refractivity contribution in [3.63, 3.8) is 0 Å². The number of carbonyl (C=O) groups excluding carboxylic acids is 1. The number of ether oxygens (including phenoxy) is 4. The van der Waals surface area contributed by atoms with Crippen LogP contribution in [-0.2, 0) is 14.8 Å². The molecule has 0 N–H and O–H groups in total. The van der Waals surface area contributed by atoms with Crippen LogP contribution < -0.4 is 14.2 Å². The Hall–Kier alpha value is -2.76. The molecule has 0 spiro atoms. The molecule has 1 aromatic heterocycles. The molecule has 32 heavy (non-hydrogen) atoms. The quantitative estimate of drug-likeness (QED) is 0.405. The Labute approximate surface area is 186 Å². The number of benzene rings is 1. The molecule has 3 heterocycles. The Bertz CT molecular complexity index is 1040. The first-order valence-corrected chi connectivity index (χ1v) is 11.9. The molecule has 0 atom stereocenters. The van der Waals surface area contributed by atoms with E-state index in [2.05, 4.69) is 4.90 Å². The molecule has 0 amide bonds. The van der Waals surface area contributed by atoms with Gasteiger partial charge in [-0.1, -0.05) is 0 Å². The second-order valence-corrected chi connectivity index (χ2v) is 9.17. The van der Waals surface area contributed by atoms with Crippen molar-refractivity contribution in [3.05, 3.63) is 36.1 Å². The fraction of sp³-hybridized carbons (Fsp3) is 0.476. The van der Waals surface area contributed by atoms with Crippen LogP contribution in [0.15, 0.2) is 39.8 Å². The van der Waals surface area contributed by atoms with Crippen LogP contribution in [-0.4, -0.2) is 76.3 Å². The summed E-state index contributed by atoms with van der Waals surface area (Å²) in [6.07, 6.45) is 0.808. The van der Waals surface area contributed by atoms with E-state index in [-0.39, 0.29) is 24.3 Å². The molecule has 0 aliphatic carbocycles. The van der Waals surface area contributed by atoms with Gasteiger partial charge in [0.2, 0.25) is 17.6 Å². The molecule has 2 aromatic rings. The maximum atomic E-state index is 12.8. The second-order valence-electron chi connectivity index (χ2n) is 7.30. The van der Waals surface area contributed by atoms with Crippen LogP contribution in [0.1, 0.15) is 23.9 Å². The van der Waals surface area contributed by atoms with Crippen molar-refractivity contribution < 1.29 is 36.6 Å². The monoisotopic (exact) mass is 466 g/mol. The zero-order valence-corrected chi connectivity index (χ0v) is 18.6. The van der Waals surface area contributed by atoms with Crippen molar-refractivity contribution in [1.82, 2.24) is 9.21 Å². The third kappa shape index (κ3) is 5.00. The maximum Gasteiger partial charge on any atom is 0.374 e. The van der Waals surface area contributed by atoms with Gasteiger partial charge in [0.15, 0.2) is 11.5 Å². The third-order valence-corrected chi connectivity index (χ3v) is 6.99. The Morgan fingerprint density at radius 3 is 2.62 bits per heavy atom. The number of hydrogen-bond donors (Lipinski definition) is 0. The lowest BCUT2D eigenvalue weighted by molar-refractivity contribution is 0.0483. The van der Waals surface area contributed by atoms with E-state index >= 15 is 0 Å². The minimum atomic E-state index is -3.79. The first-order valence-electron chi connectivity index (χ1n) is 10.5. The predicted octanol–water partition coefficient (Wildman–Crippen LogP) is 1.96. The average molecular weight is 467 g/mol. The van der Waals surface area contributed by atoms with Crippen molar-refractivity contribution in [2.75, 3.05) is 52.7 Å².